The van der Waals surface area contributed by atoms with E-state index in [4.69, 9.17) is 5.14 Å². The van der Waals surface area contributed by atoms with Crippen LogP contribution < -0.4 is 20.1 Å². The Morgan fingerprint density at radius 3 is 2.09 bits per heavy atom. The molecule has 1 aliphatic heterocycles. The van der Waals surface area contributed by atoms with Crippen LogP contribution in [-0.2, 0) is 26.7 Å². The molecule has 0 radical (unpaired) electrons. The van der Waals surface area contributed by atoms with Crippen LogP contribution in [0.25, 0.3) is 0 Å². The monoisotopic (exact) mass is 481 g/mol. The van der Waals surface area contributed by atoms with Gasteiger partial charge in [-0.3, -0.25) is 4.72 Å². The summed E-state index contributed by atoms with van der Waals surface area (Å²) in [6.45, 7) is 2.66. The van der Waals surface area contributed by atoms with Crippen LogP contribution in [0.4, 0.5) is 11.4 Å². The number of primary sulfonamides is 1. The van der Waals surface area contributed by atoms with Crippen LogP contribution in [0.15, 0.2) is 53.4 Å². The van der Waals surface area contributed by atoms with Crippen molar-refractivity contribution in [2.75, 3.05) is 43.4 Å². The Bertz CT molecular complexity index is 1090. The van der Waals surface area contributed by atoms with E-state index < -0.39 is 20.2 Å². The van der Waals surface area contributed by atoms with E-state index in [1.807, 2.05) is 12.1 Å². The molecule has 0 unspecified atom stereocenters. The van der Waals surface area contributed by atoms with Crippen LogP contribution in [0.1, 0.15) is 18.4 Å². The third kappa shape index (κ3) is 6.66. The summed E-state index contributed by atoms with van der Waals surface area (Å²) in [5.74, 6) is 0. The van der Waals surface area contributed by atoms with Crippen molar-refractivity contribution < 1.29 is 16.8 Å². The van der Waals surface area contributed by atoms with Gasteiger partial charge in [0.05, 0.1) is 4.90 Å². The Labute approximate surface area is 190 Å². The van der Waals surface area contributed by atoms with Crippen LogP contribution in [0.2, 0.25) is 0 Å². The minimum absolute atomic E-state index is 0.129. The number of sulfonamides is 1. The molecule has 0 saturated carbocycles. The molecule has 176 valence electrons. The van der Waals surface area contributed by atoms with Gasteiger partial charge in [0.25, 0.3) is 0 Å². The zero-order valence-electron chi connectivity index (χ0n) is 18.4. The van der Waals surface area contributed by atoms with Gasteiger partial charge in [-0.1, -0.05) is 12.1 Å². The number of rotatable bonds is 9. The Kier molecular flexibility index (Phi) is 7.78. The van der Waals surface area contributed by atoms with Gasteiger partial charge in [0, 0.05) is 44.6 Å². The highest BCUT2D eigenvalue weighted by Crippen LogP contribution is 2.23. The Hall–Kier alpha value is -2.18. The predicted octanol–water partition coefficient (Wildman–Crippen LogP) is 1.35. The fourth-order valence-corrected chi connectivity index (χ4v) is 4.72. The molecule has 0 spiro atoms. The largest absolute Gasteiger partial charge is 0.371 e. The Morgan fingerprint density at radius 1 is 0.969 bits per heavy atom. The first kappa shape index (κ1) is 24.5. The van der Waals surface area contributed by atoms with Gasteiger partial charge in [-0.25, -0.2) is 13.6 Å². The molecule has 0 bridgehead atoms. The summed E-state index contributed by atoms with van der Waals surface area (Å²) in [5.41, 5.74) is 2.68. The summed E-state index contributed by atoms with van der Waals surface area (Å²) >= 11 is 0. The van der Waals surface area contributed by atoms with Gasteiger partial charge in [0.2, 0.25) is 10.0 Å². The van der Waals surface area contributed by atoms with Crippen molar-refractivity contribution in [1.82, 2.24) is 9.62 Å². The summed E-state index contributed by atoms with van der Waals surface area (Å²) in [7, 11) is -4.19. The first-order valence-corrected chi connectivity index (χ1v) is 13.4. The normalized spacial score (nSPS) is 15.8. The van der Waals surface area contributed by atoms with Crippen molar-refractivity contribution in [3.8, 4) is 0 Å². The molecule has 32 heavy (non-hydrogen) atoms. The molecule has 1 saturated heterocycles. The second-order valence-corrected chi connectivity index (χ2v) is 11.5. The molecular weight excluding hydrogens is 450 g/mol. The highest BCUT2D eigenvalue weighted by molar-refractivity contribution is 7.90. The smallest absolute Gasteiger partial charge is 0.301 e. The van der Waals surface area contributed by atoms with E-state index >= 15 is 0 Å². The minimum atomic E-state index is -3.65. The number of benzene rings is 2. The number of hydrogen-bond donors (Lipinski definition) is 3. The number of nitrogens with one attached hydrogen (secondary N) is 2. The van der Waals surface area contributed by atoms with Crippen LogP contribution in [0.3, 0.4) is 0 Å². The van der Waals surface area contributed by atoms with Crippen LogP contribution >= 0.6 is 0 Å². The summed E-state index contributed by atoms with van der Waals surface area (Å²) in [4.78, 5) is 2.43. The van der Waals surface area contributed by atoms with E-state index in [9.17, 15) is 16.8 Å². The number of nitrogens with two attached hydrogens (primary N) is 1. The van der Waals surface area contributed by atoms with Gasteiger partial charge in [0.1, 0.15) is 0 Å². The highest BCUT2D eigenvalue weighted by atomic mass is 32.2. The molecule has 3 rings (SSSR count). The maximum atomic E-state index is 11.9. The molecule has 11 heteroatoms. The van der Waals surface area contributed by atoms with Gasteiger partial charge in [-0.15, -0.1) is 0 Å². The Balaban J connectivity index is 1.43. The number of piperidine rings is 1. The molecule has 0 aromatic heterocycles. The number of nitrogens with zero attached hydrogens (tertiary/aromatic N) is 2. The van der Waals surface area contributed by atoms with Gasteiger partial charge in [-0.05, 0) is 67.8 Å². The summed E-state index contributed by atoms with van der Waals surface area (Å²) < 4.78 is 50.2. The second kappa shape index (κ2) is 10.2. The number of hydrogen-bond acceptors (Lipinski definition) is 6. The lowest BCUT2D eigenvalue weighted by Crippen LogP contribution is -2.43. The molecule has 1 aliphatic rings. The summed E-state index contributed by atoms with van der Waals surface area (Å²) in [6.07, 6.45) is 2.84. The molecule has 0 amide bonds. The lowest BCUT2D eigenvalue weighted by atomic mass is 10.0. The van der Waals surface area contributed by atoms with Crippen molar-refractivity contribution >= 4 is 31.6 Å². The quantitative estimate of drug-likeness (QED) is 0.497. The predicted molar refractivity (Wildman–Crippen MR) is 127 cm³/mol. The lowest BCUT2D eigenvalue weighted by molar-refractivity contribution is 0.417. The third-order valence-electron chi connectivity index (χ3n) is 5.55. The average molecular weight is 482 g/mol. The zero-order valence-corrected chi connectivity index (χ0v) is 20.0. The summed E-state index contributed by atoms with van der Waals surface area (Å²) in [6, 6.07) is 14.5. The van der Waals surface area contributed by atoms with Crippen molar-refractivity contribution in [1.29, 1.82) is 0 Å². The SMILES string of the molecule is CN(C)S(=O)(=O)Nc1ccc(N2CCC(NCCc3ccc(S(N)(=O)=O)cc3)CC2)cc1. The van der Waals surface area contributed by atoms with E-state index in [1.165, 1.54) is 14.1 Å². The highest BCUT2D eigenvalue weighted by Gasteiger charge is 2.19. The molecule has 4 N–H and O–H groups in total. The Morgan fingerprint density at radius 2 is 1.56 bits per heavy atom. The molecule has 1 heterocycles. The fourth-order valence-electron chi connectivity index (χ4n) is 3.59. The van der Waals surface area contributed by atoms with E-state index in [1.54, 1.807) is 36.4 Å². The fraction of sp³-hybridized carbons (Fsp3) is 0.429. The molecular formula is C21H31N5O4S2. The molecule has 2 aromatic carbocycles. The minimum Gasteiger partial charge on any atom is -0.371 e. The van der Waals surface area contributed by atoms with E-state index in [-0.39, 0.29) is 4.90 Å². The molecule has 1 fully saturated rings. The van der Waals surface area contributed by atoms with Crippen molar-refractivity contribution in [3.05, 3.63) is 54.1 Å². The van der Waals surface area contributed by atoms with Gasteiger partial charge in [0.15, 0.2) is 0 Å². The maximum Gasteiger partial charge on any atom is 0.301 e. The molecule has 0 aliphatic carbocycles. The van der Waals surface area contributed by atoms with Gasteiger partial charge < -0.3 is 10.2 Å². The number of anilines is 2. The topological polar surface area (TPSA) is 125 Å². The van der Waals surface area contributed by atoms with Gasteiger partial charge in [-0.2, -0.15) is 12.7 Å². The summed E-state index contributed by atoms with van der Waals surface area (Å²) in [5, 5.41) is 8.71. The lowest BCUT2D eigenvalue weighted by Gasteiger charge is -2.34. The van der Waals surface area contributed by atoms with E-state index in [0.717, 1.165) is 54.5 Å². The van der Waals surface area contributed by atoms with E-state index in [2.05, 4.69) is 14.9 Å². The zero-order chi connectivity index (χ0) is 23.4. The van der Waals surface area contributed by atoms with Crippen molar-refractivity contribution in [2.24, 2.45) is 5.14 Å². The maximum absolute atomic E-state index is 11.9. The first-order chi connectivity index (χ1) is 15.0. The standard InChI is InChI=1S/C21H31N5O4S2/c1-25(2)32(29,30)24-19-5-7-20(8-6-19)26-15-12-18(13-16-26)23-14-11-17-3-9-21(10-4-17)31(22,27)28/h3-10,18,23-24H,11-16H2,1-2H3,(H2,22,27,28). The molecule has 9 nitrogen and oxygen atoms in total. The third-order valence-corrected chi connectivity index (χ3v) is 7.94. The van der Waals surface area contributed by atoms with Crippen molar-refractivity contribution in [2.45, 2.75) is 30.2 Å². The van der Waals surface area contributed by atoms with Crippen molar-refractivity contribution in [3.63, 3.8) is 0 Å². The van der Waals surface area contributed by atoms with E-state index in [0.29, 0.717) is 11.7 Å². The van der Waals surface area contributed by atoms with Crippen LogP contribution in [0.5, 0.6) is 0 Å². The average Bonchev–Trinajstić information content (AvgIpc) is 2.74. The molecule has 2 aromatic rings. The molecule has 0 atom stereocenters. The van der Waals surface area contributed by atoms with Crippen LogP contribution in [0, 0.1) is 0 Å². The second-order valence-electron chi connectivity index (χ2n) is 8.09. The van der Waals surface area contributed by atoms with Gasteiger partial charge >= 0.3 is 10.2 Å². The first-order valence-electron chi connectivity index (χ1n) is 10.4. The van der Waals surface area contributed by atoms with Crippen LogP contribution in [-0.4, -0.2) is 60.9 Å².